The van der Waals surface area contributed by atoms with Gasteiger partial charge in [0.1, 0.15) is 5.56 Å². The second-order valence-electron chi connectivity index (χ2n) is 2.36. The van der Waals surface area contributed by atoms with Crippen LogP contribution in [0.25, 0.3) is 0 Å². The normalized spacial score (nSPS) is 9.92. The van der Waals surface area contributed by atoms with Crippen molar-refractivity contribution in [2.24, 2.45) is 0 Å². The van der Waals surface area contributed by atoms with Crippen LogP contribution in [0.15, 0.2) is 6.20 Å². The number of aromatic nitrogens is 1. The number of carbonyl (C=O) groups excluding carboxylic acids is 1. The summed E-state index contributed by atoms with van der Waals surface area (Å²) < 4.78 is 17.5. The molecule has 0 radical (unpaired) electrons. The number of aryl methyl sites for hydroxylation is 1. The van der Waals surface area contributed by atoms with Crippen LogP contribution in [-0.2, 0) is 4.74 Å². The molecule has 0 aliphatic rings. The molecular formula is C8H10FNO2. The third kappa shape index (κ3) is 1.47. The lowest BCUT2D eigenvalue weighted by molar-refractivity contribution is 0.0521. The third-order valence-corrected chi connectivity index (χ3v) is 1.51. The van der Waals surface area contributed by atoms with Gasteiger partial charge in [-0.15, -0.1) is 0 Å². The predicted molar refractivity (Wildman–Crippen MR) is 41.4 cm³/mol. The summed E-state index contributed by atoms with van der Waals surface area (Å²) in [7, 11) is 0. The Balaban J connectivity index is 2.93. The van der Waals surface area contributed by atoms with Crippen molar-refractivity contribution in [3.8, 4) is 0 Å². The summed E-state index contributed by atoms with van der Waals surface area (Å²) in [6.07, 6.45) is 1.14. The van der Waals surface area contributed by atoms with Crippen molar-refractivity contribution in [3.05, 3.63) is 23.3 Å². The zero-order chi connectivity index (χ0) is 9.14. The smallest absolute Gasteiger partial charge is 0.342 e. The van der Waals surface area contributed by atoms with Gasteiger partial charge in [-0.05, 0) is 13.8 Å². The molecule has 0 aliphatic carbocycles. The van der Waals surface area contributed by atoms with Gasteiger partial charge < -0.3 is 9.72 Å². The van der Waals surface area contributed by atoms with E-state index >= 15 is 0 Å². The second kappa shape index (κ2) is 3.38. The van der Waals surface area contributed by atoms with E-state index in [0.717, 1.165) is 6.20 Å². The Kier molecular flexibility index (Phi) is 2.47. The highest BCUT2D eigenvalue weighted by Crippen LogP contribution is 2.12. The summed E-state index contributed by atoms with van der Waals surface area (Å²) >= 11 is 0. The Morgan fingerprint density at radius 3 is 2.83 bits per heavy atom. The molecule has 1 heterocycles. The van der Waals surface area contributed by atoms with E-state index in [1.54, 1.807) is 13.8 Å². The van der Waals surface area contributed by atoms with Crippen LogP contribution in [0.1, 0.15) is 23.0 Å². The molecule has 0 amide bonds. The van der Waals surface area contributed by atoms with E-state index < -0.39 is 11.8 Å². The van der Waals surface area contributed by atoms with E-state index in [0.29, 0.717) is 5.69 Å². The fourth-order valence-corrected chi connectivity index (χ4v) is 0.949. The molecule has 0 fully saturated rings. The van der Waals surface area contributed by atoms with Crippen molar-refractivity contribution in [3.63, 3.8) is 0 Å². The molecule has 1 aromatic heterocycles. The molecule has 0 unspecified atom stereocenters. The summed E-state index contributed by atoms with van der Waals surface area (Å²) in [6, 6.07) is 0. The number of hydrogen-bond donors (Lipinski definition) is 1. The summed E-state index contributed by atoms with van der Waals surface area (Å²) in [4.78, 5) is 13.7. The molecule has 66 valence electrons. The van der Waals surface area contributed by atoms with Crippen molar-refractivity contribution in [1.82, 2.24) is 4.98 Å². The van der Waals surface area contributed by atoms with E-state index in [1.165, 1.54) is 0 Å². The van der Waals surface area contributed by atoms with Gasteiger partial charge in [-0.3, -0.25) is 0 Å². The van der Waals surface area contributed by atoms with Gasteiger partial charge in [0.2, 0.25) is 0 Å². The first-order valence-electron chi connectivity index (χ1n) is 3.67. The Morgan fingerprint density at radius 1 is 1.75 bits per heavy atom. The van der Waals surface area contributed by atoms with Gasteiger partial charge in [0.25, 0.3) is 0 Å². The van der Waals surface area contributed by atoms with Crippen LogP contribution in [0.2, 0.25) is 0 Å². The third-order valence-electron chi connectivity index (χ3n) is 1.51. The van der Waals surface area contributed by atoms with Gasteiger partial charge in [-0.25, -0.2) is 9.18 Å². The Morgan fingerprint density at radius 2 is 2.42 bits per heavy atom. The molecule has 4 heteroatoms. The fourth-order valence-electron chi connectivity index (χ4n) is 0.949. The Bertz CT molecular complexity index is 274. The van der Waals surface area contributed by atoms with Crippen LogP contribution in [0.5, 0.6) is 0 Å². The molecule has 1 rings (SSSR count). The largest absolute Gasteiger partial charge is 0.462 e. The predicted octanol–water partition coefficient (Wildman–Crippen LogP) is 1.64. The minimum absolute atomic E-state index is 0.00292. The lowest BCUT2D eigenvalue weighted by Gasteiger charge is -1.99. The van der Waals surface area contributed by atoms with Crippen LogP contribution in [0.4, 0.5) is 4.39 Å². The number of hydrogen-bond acceptors (Lipinski definition) is 2. The summed E-state index contributed by atoms with van der Waals surface area (Å²) in [6.45, 7) is 3.55. The molecule has 12 heavy (non-hydrogen) atoms. The Labute approximate surface area is 69.5 Å². The average molecular weight is 171 g/mol. The maximum atomic E-state index is 12.9. The van der Waals surface area contributed by atoms with Crippen molar-refractivity contribution in [2.45, 2.75) is 13.8 Å². The highest BCUT2D eigenvalue weighted by atomic mass is 19.1. The minimum Gasteiger partial charge on any atom is -0.462 e. The number of carbonyl (C=O) groups is 1. The summed E-state index contributed by atoms with van der Waals surface area (Å²) in [5, 5.41) is 0. The summed E-state index contributed by atoms with van der Waals surface area (Å²) in [5.74, 6) is -1.18. The zero-order valence-electron chi connectivity index (χ0n) is 6.98. The molecule has 1 N–H and O–H groups in total. The number of ether oxygens (including phenoxy) is 1. The Hall–Kier alpha value is -1.32. The second-order valence-corrected chi connectivity index (χ2v) is 2.36. The van der Waals surface area contributed by atoms with Crippen molar-refractivity contribution >= 4 is 5.97 Å². The first kappa shape index (κ1) is 8.77. The number of esters is 1. The molecule has 1 aromatic rings. The van der Waals surface area contributed by atoms with Crippen molar-refractivity contribution < 1.29 is 13.9 Å². The zero-order valence-corrected chi connectivity index (χ0v) is 6.98. The topological polar surface area (TPSA) is 42.1 Å². The number of nitrogens with one attached hydrogen (secondary N) is 1. The molecule has 0 atom stereocenters. The van der Waals surface area contributed by atoms with Gasteiger partial charge >= 0.3 is 5.97 Å². The van der Waals surface area contributed by atoms with Crippen LogP contribution in [0, 0.1) is 12.7 Å². The van der Waals surface area contributed by atoms with Gasteiger partial charge in [-0.2, -0.15) is 0 Å². The molecule has 0 spiro atoms. The van der Waals surface area contributed by atoms with Crippen LogP contribution >= 0.6 is 0 Å². The highest BCUT2D eigenvalue weighted by molar-refractivity contribution is 5.90. The van der Waals surface area contributed by atoms with Gasteiger partial charge in [0, 0.05) is 11.9 Å². The monoisotopic (exact) mass is 171 g/mol. The maximum absolute atomic E-state index is 12.9. The van der Waals surface area contributed by atoms with Crippen molar-refractivity contribution in [1.29, 1.82) is 0 Å². The average Bonchev–Trinajstić information content (AvgIpc) is 2.32. The van der Waals surface area contributed by atoms with Crippen LogP contribution < -0.4 is 0 Å². The molecule has 0 saturated carbocycles. The SMILES string of the molecule is CCOC(=O)c1c(F)c[nH]c1C. The maximum Gasteiger partial charge on any atom is 0.342 e. The summed E-state index contributed by atoms with van der Waals surface area (Å²) in [5.41, 5.74) is 0.489. The van der Waals surface area contributed by atoms with E-state index in [9.17, 15) is 9.18 Å². The highest BCUT2D eigenvalue weighted by Gasteiger charge is 2.16. The van der Waals surface area contributed by atoms with Crippen LogP contribution in [0.3, 0.4) is 0 Å². The molecule has 3 nitrogen and oxygen atoms in total. The van der Waals surface area contributed by atoms with Gasteiger partial charge in [0.15, 0.2) is 5.82 Å². The lowest BCUT2D eigenvalue weighted by Crippen LogP contribution is -2.06. The van der Waals surface area contributed by atoms with Gasteiger partial charge in [-0.1, -0.05) is 0 Å². The van der Waals surface area contributed by atoms with E-state index in [1.807, 2.05) is 0 Å². The standard InChI is InChI=1S/C8H10FNO2/c1-3-12-8(11)7-5(2)10-4-6(7)9/h4,10H,3H2,1-2H3. The molecule has 0 saturated heterocycles. The first-order chi connectivity index (χ1) is 5.66. The van der Waals surface area contributed by atoms with E-state index in [2.05, 4.69) is 9.72 Å². The van der Waals surface area contributed by atoms with Gasteiger partial charge in [0.05, 0.1) is 6.61 Å². The van der Waals surface area contributed by atoms with E-state index in [-0.39, 0.29) is 12.2 Å². The molecule has 0 aromatic carbocycles. The molecule has 0 bridgehead atoms. The van der Waals surface area contributed by atoms with E-state index in [4.69, 9.17) is 0 Å². The van der Waals surface area contributed by atoms with Crippen LogP contribution in [-0.4, -0.2) is 17.6 Å². The minimum atomic E-state index is -0.617. The quantitative estimate of drug-likeness (QED) is 0.687. The number of H-pyrrole nitrogens is 1. The number of aromatic amines is 1. The molecule has 0 aliphatic heterocycles. The number of rotatable bonds is 2. The number of halogens is 1. The van der Waals surface area contributed by atoms with Crippen molar-refractivity contribution in [2.75, 3.05) is 6.61 Å². The lowest BCUT2D eigenvalue weighted by atomic mass is 10.2. The first-order valence-corrected chi connectivity index (χ1v) is 3.67. The fraction of sp³-hybridized carbons (Fsp3) is 0.375. The molecular weight excluding hydrogens is 161 g/mol.